The second-order valence-corrected chi connectivity index (χ2v) is 6.16. The Balaban J connectivity index is 1.88. The van der Waals surface area contributed by atoms with E-state index in [0.29, 0.717) is 12.3 Å². The molecule has 3 rings (SSSR count). The molecule has 104 valence electrons. The van der Waals surface area contributed by atoms with Crippen molar-refractivity contribution in [3.8, 4) is 5.75 Å². The highest BCUT2D eigenvalue weighted by atomic mass is 32.2. The maximum atomic E-state index is 12.8. The molecule has 6 heteroatoms. The van der Waals surface area contributed by atoms with E-state index in [9.17, 15) is 12.8 Å². The summed E-state index contributed by atoms with van der Waals surface area (Å²) < 4.78 is 45.0. The molecule has 0 atom stereocenters. The normalized spacial score (nSPS) is 13.7. The van der Waals surface area contributed by atoms with Crippen LogP contribution < -0.4 is 9.46 Å². The third-order valence-electron chi connectivity index (χ3n) is 3.07. The lowest BCUT2D eigenvalue weighted by Gasteiger charge is -2.09. The summed E-state index contributed by atoms with van der Waals surface area (Å²) in [6, 6.07) is 9.83. The van der Waals surface area contributed by atoms with Crippen molar-refractivity contribution in [3.05, 3.63) is 53.8 Å². The van der Waals surface area contributed by atoms with Gasteiger partial charge in [-0.15, -0.1) is 0 Å². The predicted octanol–water partition coefficient (Wildman–Crippen LogP) is 2.56. The van der Waals surface area contributed by atoms with Gasteiger partial charge in [-0.2, -0.15) is 0 Å². The summed E-state index contributed by atoms with van der Waals surface area (Å²) in [7, 11) is -3.70. The summed E-state index contributed by atoms with van der Waals surface area (Å²) in [5.41, 5.74) is 1.45. The number of halogens is 1. The monoisotopic (exact) mass is 293 g/mol. The van der Waals surface area contributed by atoms with Crippen molar-refractivity contribution in [3.63, 3.8) is 0 Å². The first-order valence-corrected chi connectivity index (χ1v) is 7.57. The van der Waals surface area contributed by atoms with E-state index in [1.165, 1.54) is 12.1 Å². The minimum absolute atomic E-state index is 0.0237. The van der Waals surface area contributed by atoms with Crippen LogP contribution in [-0.2, 0) is 16.4 Å². The summed E-state index contributed by atoms with van der Waals surface area (Å²) in [6.45, 7) is 0.615. The SMILES string of the molecule is O=S(=O)(Nc1ccc2c(c1)CCO2)c1ccc(F)cc1. The van der Waals surface area contributed by atoms with E-state index in [2.05, 4.69) is 4.72 Å². The lowest BCUT2D eigenvalue weighted by atomic mass is 10.1. The zero-order valence-corrected chi connectivity index (χ0v) is 11.3. The third-order valence-corrected chi connectivity index (χ3v) is 4.46. The Morgan fingerprint density at radius 2 is 1.85 bits per heavy atom. The van der Waals surface area contributed by atoms with Crippen LogP contribution in [-0.4, -0.2) is 15.0 Å². The highest BCUT2D eigenvalue weighted by Crippen LogP contribution is 2.28. The zero-order chi connectivity index (χ0) is 14.2. The van der Waals surface area contributed by atoms with Gasteiger partial charge in [0.15, 0.2) is 0 Å². The number of ether oxygens (including phenoxy) is 1. The van der Waals surface area contributed by atoms with E-state index in [4.69, 9.17) is 4.74 Å². The molecular formula is C14H12FNO3S. The summed E-state index contributed by atoms with van der Waals surface area (Å²) in [4.78, 5) is 0.0237. The fourth-order valence-electron chi connectivity index (χ4n) is 2.08. The summed E-state index contributed by atoms with van der Waals surface area (Å²) >= 11 is 0. The number of hydrogen-bond acceptors (Lipinski definition) is 3. The molecular weight excluding hydrogens is 281 g/mol. The molecule has 0 amide bonds. The molecule has 1 N–H and O–H groups in total. The number of sulfonamides is 1. The lowest BCUT2D eigenvalue weighted by molar-refractivity contribution is 0.357. The second-order valence-electron chi connectivity index (χ2n) is 4.48. The Bertz CT molecular complexity index is 742. The molecule has 0 saturated heterocycles. The summed E-state index contributed by atoms with van der Waals surface area (Å²) in [6.07, 6.45) is 0.765. The Morgan fingerprint density at radius 3 is 2.60 bits per heavy atom. The number of anilines is 1. The van der Waals surface area contributed by atoms with E-state index in [1.54, 1.807) is 18.2 Å². The first kappa shape index (κ1) is 12.9. The smallest absolute Gasteiger partial charge is 0.261 e. The molecule has 0 fully saturated rings. The van der Waals surface area contributed by atoms with Crippen LogP contribution in [0.4, 0.5) is 10.1 Å². The van der Waals surface area contributed by atoms with Gasteiger partial charge in [-0.25, -0.2) is 12.8 Å². The number of rotatable bonds is 3. The summed E-state index contributed by atoms with van der Waals surface area (Å²) in [5.74, 6) is 0.313. The van der Waals surface area contributed by atoms with Crippen molar-refractivity contribution in [2.24, 2.45) is 0 Å². The van der Waals surface area contributed by atoms with Crippen molar-refractivity contribution in [2.75, 3.05) is 11.3 Å². The van der Waals surface area contributed by atoms with Gasteiger partial charge in [0.25, 0.3) is 10.0 Å². The van der Waals surface area contributed by atoms with Gasteiger partial charge in [0.1, 0.15) is 11.6 Å². The van der Waals surface area contributed by atoms with Crippen molar-refractivity contribution in [1.82, 2.24) is 0 Å². The molecule has 2 aromatic rings. The van der Waals surface area contributed by atoms with Crippen LogP contribution in [0.5, 0.6) is 5.75 Å². The van der Waals surface area contributed by atoms with Crippen molar-refractivity contribution in [2.45, 2.75) is 11.3 Å². The van der Waals surface area contributed by atoms with Gasteiger partial charge in [-0.05, 0) is 48.0 Å². The Morgan fingerprint density at radius 1 is 1.10 bits per heavy atom. The van der Waals surface area contributed by atoms with Crippen LogP contribution in [0.25, 0.3) is 0 Å². The van der Waals surface area contributed by atoms with E-state index in [0.717, 1.165) is 29.9 Å². The molecule has 0 radical (unpaired) electrons. The third kappa shape index (κ3) is 2.46. The van der Waals surface area contributed by atoms with Crippen LogP contribution in [0.15, 0.2) is 47.4 Å². The molecule has 4 nitrogen and oxygen atoms in total. The van der Waals surface area contributed by atoms with Crippen molar-refractivity contribution < 1.29 is 17.5 Å². The molecule has 2 aromatic carbocycles. The Hall–Kier alpha value is -2.08. The number of benzene rings is 2. The van der Waals surface area contributed by atoms with Gasteiger partial charge in [0.2, 0.25) is 0 Å². The Labute approximate surface area is 116 Å². The maximum Gasteiger partial charge on any atom is 0.261 e. The molecule has 20 heavy (non-hydrogen) atoms. The number of fused-ring (bicyclic) bond motifs is 1. The van der Waals surface area contributed by atoms with Crippen LogP contribution in [0, 0.1) is 5.82 Å². The first-order chi connectivity index (χ1) is 9.54. The highest BCUT2D eigenvalue weighted by molar-refractivity contribution is 7.92. The van der Waals surface area contributed by atoms with Crippen molar-refractivity contribution >= 4 is 15.7 Å². The Kier molecular flexibility index (Phi) is 3.10. The predicted molar refractivity (Wildman–Crippen MR) is 72.8 cm³/mol. The number of hydrogen-bond donors (Lipinski definition) is 1. The van der Waals surface area contributed by atoms with E-state index >= 15 is 0 Å². The van der Waals surface area contributed by atoms with Gasteiger partial charge in [0.05, 0.1) is 11.5 Å². The molecule has 1 aliphatic rings. The maximum absolute atomic E-state index is 12.8. The minimum atomic E-state index is -3.70. The zero-order valence-electron chi connectivity index (χ0n) is 10.5. The van der Waals surface area contributed by atoms with E-state index in [1.807, 2.05) is 0 Å². The van der Waals surface area contributed by atoms with Gasteiger partial charge in [-0.1, -0.05) is 0 Å². The molecule has 0 unspecified atom stereocenters. The fraction of sp³-hybridized carbons (Fsp3) is 0.143. The topological polar surface area (TPSA) is 55.4 Å². The van der Waals surface area contributed by atoms with Gasteiger partial charge >= 0.3 is 0 Å². The molecule has 0 aromatic heterocycles. The van der Waals surface area contributed by atoms with Gasteiger partial charge in [0, 0.05) is 12.1 Å². The highest BCUT2D eigenvalue weighted by Gasteiger charge is 2.17. The average Bonchev–Trinajstić information content (AvgIpc) is 2.86. The van der Waals surface area contributed by atoms with Crippen LogP contribution in [0.3, 0.4) is 0 Å². The number of nitrogens with one attached hydrogen (secondary N) is 1. The van der Waals surface area contributed by atoms with Crippen molar-refractivity contribution in [1.29, 1.82) is 0 Å². The molecule has 1 heterocycles. The van der Waals surface area contributed by atoms with Crippen LogP contribution in [0.2, 0.25) is 0 Å². The van der Waals surface area contributed by atoms with E-state index in [-0.39, 0.29) is 4.90 Å². The van der Waals surface area contributed by atoms with Gasteiger partial charge in [-0.3, -0.25) is 4.72 Å². The average molecular weight is 293 g/mol. The second kappa shape index (κ2) is 4.79. The minimum Gasteiger partial charge on any atom is -0.493 e. The quantitative estimate of drug-likeness (QED) is 0.946. The van der Waals surface area contributed by atoms with Gasteiger partial charge < -0.3 is 4.74 Å². The molecule has 0 spiro atoms. The molecule has 1 aliphatic heterocycles. The standard InChI is InChI=1S/C14H12FNO3S/c15-11-1-4-13(5-2-11)20(17,18)16-12-3-6-14-10(9-12)7-8-19-14/h1-6,9,16H,7-8H2. The fourth-order valence-corrected chi connectivity index (χ4v) is 3.13. The lowest BCUT2D eigenvalue weighted by Crippen LogP contribution is -2.13. The van der Waals surface area contributed by atoms with Crippen LogP contribution in [0.1, 0.15) is 5.56 Å². The largest absolute Gasteiger partial charge is 0.493 e. The summed E-state index contributed by atoms with van der Waals surface area (Å²) in [5, 5.41) is 0. The molecule has 0 saturated carbocycles. The van der Waals surface area contributed by atoms with E-state index < -0.39 is 15.8 Å². The molecule has 0 bridgehead atoms. The van der Waals surface area contributed by atoms with Crippen LogP contribution >= 0.6 is 0 Å². The first-order valence-electron chi connectivity index (χ1n) is 6.09. The molecule has 0 aliphatic carbocycles.